The second kappa shape index (κ2) is 4.38. The van der Waals surface area contributed by atoms with Gasteiger partial charge in [-0.25, -0.2) is 4.85 Å². The lowest BCUT2D eigenvalue weighted by Gasteiger charge is -2.07. The normalized spacial score (nSPS) is 9.57. The average Bonchev–Trinajstić information content (AvgIpc) is 2.17. The number of carbonyl (C=O) groups is 1. The van der Waals surface area contributed by atoms with Gasteiger partial charge >= 0.3 is 0 Å². The average molecular weight is 189 g/mol. The molecule has 0 aromatic carbocycles. The van der Waals surface area contributed by atoms with Crippen LogP contribution in [0.25, 0.3) is 4.85 Å². The molecule has 1 N–H and O–H groups in total. The van der Waals surface area contributed by atoms with Crippen LogP contribution in [0.1, 0.15) is 24.3 Å². The van der Waals surface area contributed by atoms with Crippen LogP contribution in [0.2, 0.25) is 0 Å². The van der Waals surface area contributed by atoms with Gasteiger partial charge in [-0.2, -0.15) is 0 Å². The van der Waals surface area contributed by atoms with Crippen molar-refractivity contribution in [2.75, 3.05) is 0 Å². The molecule has 0 radical (unpaired) electrons. The van der Waals surface area contributed by atoms with Gasteiger partial charge in [0.25, 0.3) is 5.91 Å². The third-order valence-corrected chi connectivity index (χ3v) is 1.53. The van der Waals surface area contributed by atoms with Crippen molar-refractivity contribution in [3.63, 3.8) is 0 Å². The lowest BCUT2D eigenvalue weighted by Crippen LogP contribution is -2.30. The maximum absolute atomic E-state index is 11.4. The molecule has 4 heteroatoms. The molecule has 0 bridgehead atoms. The first kappa shape index (κ1) is 10.2. The summed E-state index contributed by atoms with van der Waals surface area (Å²) in [7, 11) is 0. The van der Waals surface area contributed by atoms with Gasteiger partial charge in [-0.1, -0.05) is 0 Å². The summed E-state index contributed by atoms with van der Waals surface area (Å²) in [5, 5.41) is 2.71. The predicted octanol–water partition coefficient (Wildman–Crippen LogP) is 1.77. The van der Waals surface area contributed by atoms with Crippen LogP contribution in [0.4, 0.5) is 5.69 Å². The van der Waals surface area contributed by atoms with Crippen LogP contribution in [0.5, 0.6) is 0 Å². The van der Waals surface area contributed by atoms with Gasteiger partial charge in [0.1, 0.15) is 5.69 Å². The van der Waals surface area contributed by atoms with Crippen LogP contribution in [0.15, 0.2) is 18.3 Å². The zero-order valence-electron chi connectivity index (χ0n) is 8.11. The summed E-state index contributed by atoms with van der Waals surface area (Å²) < 4.78 is 0. The van der Waals surface area contributed by atoms with E-state index in [1.165, 1.54) is 12.3 Å². The number of hydrogen-bond donors (Lipinski definition) is 1. The van der Waals surface area contributed by atoms with E-state index in [-0.39, 0.29) is 17.6 Å². The van der Waals surface area contributed by atoms with Gasteiger partial charge in [0.15, 0.2) is 5.69 Å². The second-order valence-electron chi connectivity index (χ2n) is 3.14. The van der Waals surface area contributed by atoms with Crippen molar-refractivity contribution in [1.29, 1.82) is 0 Å². The molecule has 4 nitrogen and oxygen atoms in total. The highest BCUT2D eigenvalue weighted by atomic mass is 16.1. The fourth-order valence-electron chi connectivity index (χ4n) is 0.949. The minimum atomic E-state index is -0.245. The number of hydrogen-bond acceptors (Lipinski definition) is 2. The fourth-order valence-corrected chi connectivity index (χ4v) is 0.949. The summed E-state index contributed by atoms with van der Waals surface area (Å²) in [4.78, 5) is 18.6. The van der Waals surface area contributed by atoms with Crippen LogP contribution in [-0.2, 0) is 0 Å². The number of nitrogens with zero attached hydrogens (tertiary/aromatic N) is 2. The first-order valence-corrected chi connectivity index (χ1v) is 4.28. The second-order valence-corrected chi connectivity index (χ2v) is 3.14. The van der Waals surface area contributed by atoms with Crippen molar-refractivity contribution in [3.8, 4) is 0 Å². The largest absolute Gasteiger partial charge is 0.349 e. The van der Waals surface area contributed by atoms with E-state index in [2.05, 4.69) is 15.1 Å². The summed E-state index contributed by atoms with van der Waals surface area (Å²) >= 11 is 0. The lowest BCUT2D eigenvalue weighted by atomic mass is 10.3. The molecular formula is C10H11N3O. The van der Waals surface area contributed by atoms with Crippen LogP contribution in [0.3, 0.4) is 0 Å². The third-order valence-electron chi connectivity index (χ3n) is 1.53. The Balaban J connectivity index is 2.86. The van der Waals surface area contributed by atoms with E-state index in [1.54, 1.807) is 6.07 Å². The zero-order valence-corrected chi connectivity index (χ0v) is 8.11. The maximum Gasteiger partial charge on any atom is 0.268 e. The Morgan fingerprint density at radius 3 is 2.93 bits per heavy atom. The molecule has 1 heterocycles. The Kier molecular flexibility index (Phi) is 3.19. The quantitative estimate of drug-likeness (QED) is 0.721. The zero-order chi connectivity index (χ0) is 10.6. The highest BCUT2D eigenvalue weighted by molar-refractivity contribution is 5.93. The van der Waals surface area contributed by atoms with Gasteiger partial charge < -0.3 is 5.32 Å². The molecule has 0 spiro atoms. The first-order chi connectivity index (χ1) is 6.63. The Morgan fingerprint density at radius 1 is 1.64 bits per heavy atom. The molecule has 0 saturated carbocycles. The Morgan fingerprint density at radius 2 is 2.36 bits per heavy atom. The molecular weight excluding hydrogens is 178 g/mol. The van der Waals surface area contributed by atoms with E-state index in [1.807, 2.05) is 13.8 Å². The monoisotopic (exact) mass is 189 g/mol. The molecule has 0 saturated heterocycles. The van der Waals surface area contributed by atoms with Gasteiger partial charge in [-0.3, -0.25) is 9.78 Å². The molecule has 1 amide bonds. The number of nitrogens with one attached hydrogen (secondary N) is 1. The summed E-state index contributed by atoms with van der Waals surface area (Å²) in [5.41, 5.74) is 0.709. The molecule has 72 valence electrons. The third kappa shape index (κ3) is 2.56. The number of amides is 1. The number of rotatable bonds is 2. The molecule has 0 unspecified atom stereocenters. The number of aromatic nitrogens is 1. The van der Waals surface area contributed by atoms with Crippen molar-refractivity contribution >= 4 is 11.6 Å². The topological polar surface area (TPSA) is 46.4 Å². The van der Waals surface area contributed by atoms with E-state index in [4.69, 9.17) is 6.57 Å². The molecule has 0 aliphatic heterocycles. The smallest absolute Gasteiger partial charge is 0.268 e. The SMILES string of the molecule is [C-]#[N+]c1ccnc(C(=O)NC(C)C)c1. The standard InChI is InChI=1S/C10H11N3O/c1-7(2)13-10(14)9-6-8(11-3)4-5-12-9/h4-7H,1-2H3,(H,13,14). The molecule has 0 aliphatic rings. The lowest BCUT2D eigenvalue weighted by molar-refractivity contribution is 0.0938. The van der Waals surface area contributed by atoms with Gasteiger partial charge in [-0.05, 0) is 26.0 Å². The first-order valence-electron chi connectivity index (χ1n) is 4.28. The van der Waals surface area contributed by atoms with Crippen LogP contribution >= 0.6 is 0 Å². The summed E-state index contributed by atoms with van der Waals surface area (Å²) in [6.45, 7) is 10.5. The molecule has 1 aromatic rings. The molecule has 0 atom stereocenters. The maximum atomic E-state index is 11.4. The molecule has 1 aromatic heterocycles. The Labute approximate surface area is 82.8 Å². The van der Waals surface area contributed by atoms with Crippen molar-refractivity contribution < 1.29 is 4.79 Å². The summed E-state index contributed by atoms with van der Waals surface area (Å²) in [6, 6.07) is 3.12. The van der Waals surface area contributed by atoms with E-state index in [9.17, 15) is 4.79 Å². The van der Waals surface area contributed by atoms with Gasteiger partial charge in [0.2, 0.25) is 0 Å². The van der Waals surface area contributed by atoms with Gasteiger partial charge in [0.05, 0.1) is 6.57 Å². The van der Waals surface area contributed by atoms with Crippen molar-refractivity contribution in [1.82, 2.24) is 10.3 Å². The summed E-state index contributed by atoms with van der Waals surface area (Å²) in [5.74, 6) is -0.245. The van der Waals surface area contributed by atoms with Gasteiger partial charge in [-0.15, -0.1) is 0 Å². The fraction of sp³-hybridized carbons (Fsp3) is 0.300. The van der Waals surface area contributed by atoms with Crippen LogP contribution < -0.4 is 5.32 Å². The van der Waals surface area contributed by atoms with E-state index in [0.29, 0.717) is 5.69 Å². The Bertz CT molecular complexity index is 379. The van der Waals surface area contributed by atoms with Crippen molar-refractivity contribution in [3.05, 3.63) is 35.4 Å². The minimum Gasteiger partial charge on any atom is -0.349 e. The highest BCUT2D eigenvalue weighted by Crippen LogP contribution is 2.11. The van der Waals surface area contributed by atoms with Crippen LogP contribution in [-0.4, -0.2) is 16.9 Å². The van der Waals surface area contributed by atoms with Crippen LogP contribution in [0, 0.1) is 6.57 Å². The van der Waals surface area contributed by atoms with E-state index < -0.39 is 0 Å². The highest BCUT2D eigenvalue weighted by Gasteiger charge is 2.08. The van der Waals surface area contributed by atoms with Gasteiger partial charge in [0, 0.05) is 12.2 Å². The Hall–Kier alpha value is -1.89. The van der Waals surface area contributed by atoms with Crippen molar-refractivity contribution in [2.24, 2.45) is 0 Å². The van der Waals surface area contributed by atoms with Crippen molar-refractivity contribution in [2.45, 2.75) is 19.9 Å². The summed E-state index contributed by atoms with van der Waals surface area (Å²) in [6.07, 6.45) is 1.46. The molecule has 14 heavy (non-hydrogen) atoms. The number of pyridine rings is 1. The van der Waals surface area contributed by atoms with E-state index >= 15 is 0 Å². The molecule has 0 fully saturated rings. The number of carbonyl (C=O) groups excluding carboxylic acids is 1. The predicted molar refractivity (Wildman–Crippen MR) is 53.1 cm³/mol. The molecule has 1 rings (SSSR count). The molecule has 0 aliphatic carbocycles. The minimum absolute atomic E-state index is 0.0703. The van der Waals surface area contributed by atoms with E-state index in [0.717, 1.165) is 0 Å².